The van der Waals surface area contributed by atoms with Crippen molar-refractivity contribution >= 4 is 39.7 Å². The molecule has 0 aromatic heterocycles. The van der Waals surface area contributed by atoms with Crippen molar-refractivity contribution < 1.29 is 14.3 Å². The van der Waals surface area contributed by atoms with Crippen molar-refractivity contribution in [3.63, 3.8) is 0 Å². The van der Waals surface area contributed by atoms with Crippen LogP contribution in [0.4, 0.5) is 0 Å². The summed E-state index contributed by atoms with van der Waals surface area (Å²) in [4.78, 5) is 24.0. The molecule has 0 N–H and O–H groups in total. The Morgan fingerprint density at radius 2 is 1.73 bits per heavy atom. The van der Waals surface area contributed by atoms with Gasteiger partial charge in [0.15, 0.2) is 11.6 Å². The van der Waals surface area contributed by atoms with E-state index in [1.165, 1.54) is 12.3 Å². The van der Waals surface area contributed by atoms with Gasteiger partial charge in [-0.2, -0.15) is 0 Å². The largest absolute Gasteiger partial charge is 0.468 e. The predicted molar refractivity (Wildman–Crippen MR) is 83.2 cm³/mol. The molecule has 3 aliphatic rings. The summed E-state index contributed by atoms with van der Waals surface area (Å²) in [6.45, 7) is 0. The van der Waals surface area contributed by atoms with Gasteiger partial charge in [-0.05, 0) is 39.8 Å². The summed E-state index contributed by atoms with van der Waals surface area (Å²) in [5.41, 5.74) is 2.48. The van der Waals surface area contributed by atoms with Gasteiger partial charge in [-0.25, -0.2) is 0 Å². The minimum absolute atomic E-state index is 0.00401. The Balaban J connectivity index is 2.01. The summed E-state index contributed by atoms with van der Waals surface area (Å²) in [5.74, 6) is 0.861. The van der Waals surface area contributed by atoms with Crippen LogP contribution in [0.25, 0.3) is 28.2 Å². The molecular weight excluding hydrogens is 276 g/mol. The molecule has 2 aliphatic carbocycles. The van der Waals surface area contributed by atoms with Crippen LogP contribution in [-0.2, 0) is 9.53 Å². The Morgan fingerprint density at radius 1 is 0.864 bits per heavy atom. The van der Waals surface area contributed by atoms with Crippen molar-refractivity contribution in [3.8, 4) is 0 Å². The second kappa shape index (κ2) is 3.83. The molecule has 0 radical (unpaired) electrons. The van der Waals surface area contributed by atoms with Crippen molar-refractivity contribution in [2.75, 3.05) is 0 Å². The molecule has 0 unspecified atom stereocenters. The zero-order chi connectivity index (χ0) is 14.8. The standard InChI is InChI=1S/C19H10O3/c20-16-6-5-10-11-1-3-14-15-9-18(22-8-7-17(15)21)19(14)13(11)4-2-12(10)16/h1-8H,9H2. The van der Waals surface area contributed by atoms with Crippen LogP contribution in [0.2, 0.25) is 0 Å². The smallest absolute Gasteiger partial charge is 0.186 e. The summed E-state index contributed by atoms with van der Waals surface area (Å²) in [7, 11) is 0. The first-order valence-corrected chi connectivity index (χ1v) is 7.16. The third kappa shape index (κ3) is 1.31. The van der Waals surface area contributed by atoms with Crippen LogP contribution >= 0.6 is 0 Å². The number of hydrogen-bond acceptors (Lipinski definition) is 3. The lowest BCUT2D eigenvalue weighted by molar-refractivity contribution is -0.109. The number of ether oxygens (including phenoxy) is 1. The van der Waals surface area contributed by atoms with E-state index in [1.807, 2.05) is 30.3 Å². The van der Waals surface area contributed by atoms with E-state index in [9.17, 15) is 9.59 Å². The maximum Gasteiger partial charge on any atom is 0.186 e. The van der Waals surface area contributed by atoms with Gasteiger partial charge < -0.3 is 4.74 Å². The third-order valence-electron chi connectivity index (χ3n) is 4.58. The van der Waals surface area contributed by atoms with E-state index >= 15 is 0 Å². The lowest BCUT2D eigenvalue weighted by Gasteiger charge is -2.06. The van der Waals surface area contributed by atoms with E-state index in [2.05, 4.69) is 0 Å². The van der Waals surface area contributed by atoms with Gasteiger partial charge in [0.25, 0.3) is 0 Å². The zero-order valence-electron chi connectivity index (χ0n) is 11.6. The van der Waals surface area contributed by atoms with E-state index in [0.717, 1.165) is 43.7 Å². The molecule has 0 saturated carbocycles. The molecular formula is C19H10O3. The van der Waals surface area contributed by atoms with Gasteiger partial charge in [-0.3, -0.25) is 9.59 Å². The predicted octanol–water partition coefficient (Wildman–Crippen LogP) is 1.82. The van der Waals surface area contributed by atoms with Crippen LogP contribution in [-0.4, -0.2) is 11.6 Å². The van der Waals surface area contributed by atoms with E-state index in [4.69, 9.17) is 4.74 Å². The molecule has 1 aliphatic heterocycles. The lowest BCUT2D eigenvalue weighted by atomic mass is 9.98. The second-order valence-electron chi connectivity index (χ2n) is 5.67. The lowest BCUT2D eigenvalue weighted by Crippen LogP contribution is -2.27. The van der Waals surface area contributed by atoms with Gasteiger partial charge in [0.05, 0.1) is 6.26 Å². The minimum Gasteiger partial charge on any atom is -0.468 e. The first kappa shape index (κ1) is 11.7. The van der Waals surface area contributed by atoms with Gasteiger partial charge in [0.1, 0.15) is 5.76 Å². The number of ketones is 2. The molecule has 0 amide bonds. The number of carbonyl (C=O) groups is 2. The van der Waals surface area contributed by atoms with Gasteiger partial charge in [-0.15, -0.1) is 0 Å². The minimum atomic E-state index is 0.00401. The van der Waals surface area contributed by atoms with Crippen molar-refractivity contribution in [2.24, 2.45) is 0 Å². The average molecular weight is 286 g/mol. The second-order valence-corrected chi connectivity index (χ2v) is 5.67. The van der Waals surface area contributed by atoms with E-state index < -0.39 is 0 Å². The summed E-state index contributed by atoms with van der Waals surface area (Å²) in [5, 5.41) is 3.99. The van der Waals surface area contributed by atoms with E-state index in [1.54, 1.807) is 6.08 Å². The van der Waals surface area contributed by atoms with Gasteiger partial charge in [0, 0.05) is 28.9 Å². The van der Waals surface area contributed by atoms with Gasteiger partial charge >= 0.3 is 0 Å². The third-order valence-corrected chi connectivity index (χ3v) is 4.58. The van der Waals surface area contributed by atoms with Crippen molar-refractivity contribution in [2.45, 2.75) is 6.42 Å². The van der Waals surface area contributed by atoms with Crippen molar-refractivity contribution in [3.05, 3.63) is 64.2 Å². The van der Waals surface area contributed by atoms with Crippen LogP contribution in [0.3, 0.4) is 0 Å². The number of fused-ring (bicyclic) bond motifs is 7. The molecule has 2 aromatic carbocycles. The Bertz CT molecular complexity index is 1100. The number of allylic oxidation sites excluding steroid dienone is 2. The number of rotatable bonds is 0. The number of hydrogen-bond donors (Lipinski definition) is 0. The van der Waals surface area contributed by atoms with Crippen LogP contribution in [0, 0.1) is 0 Å². The molecule has 0 atom stereocenters. The molecule has 0 saturated heterocycles. The molecule has 3 heteroatoms. The molecule has 5 rings (SSSR count). The van der Waals surface area contributed by atoms with Crippen molar-refractivity contribution in [1.29, 1.82) is 0 Å². The van der Waals surface area contributed by atoms with E-state index in [-0.39, 0.29) is 11.6 Å². The zero-order valence-corrected chi connectivity index (χ0v) is 11.6. The van der Waals surface area contributed by atoms with Crippen molar-refractivity contribution in [1.82, 2.24) is 0 Å². The first-order chi connectivity index (χ1) is 10.7. The molecule has 1 heterocycles. The maximum absolute atomic E-state index is 12.1. The fourth-order valence-electron chi connectivity index (χ4n) is 3.57. The normalized spacial score (nSPS) is 17.8. The summed E-state index contributed by atoms with van der Waals surface area (Å²) in [6.07, 6.45) is 6.93. The van der Waals surface area contributed by atoms with Crippen LogP contribution in [0.15, 0.2) is 42.7 Å². The van der Waals surface area contributed by atoms with Crippen LogP contribution in [0.5, 0.6) is 0 Å². The first-order valence-electron chi connectivity index (χ1n) is 7.16. The maximum atomic E-state index is 12.1. The summed E-state index contributed by atoms with van der Waals surface area (Å²) < 4.78 is 5.65. The Morgan fingerprint density at radius 3 is 2.64 bits per heavy atom. The van der Waals surface area contributed by atoms with Crippen LogP contribution in [0.1, 0.15) is 22.3 Å². The Labute approximate surface area is 125 Å². The quantitative estimate of drug-likeness (QED) is 0.742. The number of benzene rings is 2. The van der Waals surface area contributed by atoms with Crippen LogP contribution < -0.4 is 10.4 Å². The monoisotopic (exact) mass is 286 g/mol. The fourth-order valence-corrected chi connectivity index (χ4v) is 3.57. The Kier molecular flexibility index (Phi) is 2.03. The molecule has 22 heavy (non-hydrogen) atoms. The fraction of sp³-hybridized carbons (Fsp3) is 0.0526. The molecule has 3 nitrogen and oxygen atoms in total. The average Bonchev–Trinajstić information content (AvgIpc) is 3.02. The highest BCUT2D eigenvalue weighted by molar-refractivity contribution is 6.24. The molecule has 0 spiro atoms. The van der Waals surface area contributed by atoms with E-state index in [0.29, 0.717) is 6.42 Å². The molecule has 2 aromatic rings. The highest BCUT2D eigenvalue weighted by Crippen LogP contribution is 2.29. The SMILES string of the molecule is O=C1C=COC2=c3c(ccc4c5c(ccc34)C(=O)C=C5)=C1C2. The molecule has 0 fully saturated rings. The highest BCUT2D eigenvalue weighted by atomic mass is 16.5. The number of carbonyl (C=O) groups excluding carboxylic acids is 2. The topological polar surface area (TPSA) is 43.4 Å². The molecule has 2 bridgehead atoms. The van der Waals surface area contributed by atoms with Gasteiger partial charge in [-0.1, -0.05) is 18.2 Å². The molecule has 104 valence electrons. The Hall–Kier alpha value is -2.94. The summed E-state index contributed by atoms with van der Waals surface area (Å²) >= 11 is 0. The highest BCUT2D eigenvalue weighted by Gasteiger charge is 2.24. The van der Waals surface area contributed by atoms with Gasteiger partial charge in [0.2, 0.25) is 0 Å². The summed E-state index contributed by atoms with van der Waals surface area (Å²) in [6, 6.07) is 7.79.